The Bertz CT molecular complexity index is 270. The van der Waals surface area contributed by atoms with Crippen LogP contribution in [0.5, 0.6) is 0 Å². The molecule has 3 aliphatic heterocycles. The average Bonchev–Trinajstić information content (AvgIpc) is 2.76. The van der Waals surface area contributed by atoms with Gasteiger partial charge in [0.1, 0.15) is 0 Å². The number of hydrogen-bond acceptors (Lipinski definition) is 3. The first-order chi connectivity index (χ1) is 8.76. The monoisotopic (exact) mass is 252 g/mol. The second-order valence-corrected chi connectivity index (χ2v) is 6.77. The number of hydrogen-bond donors (Lipinski definition) is 1. The highest BCUT2D eigenvalue weighted by molar-refractivity contribution is 4.92. The maximum Gasteiger partial charge on any atom is 0.0706 e. The van der Waals surface area contributed by atoms with Crippen LogP contribution in [0.2, 0.25) is 0 Å². The lowest BCUT2D eigenvalue weighted by molar-refractivity contribution is 0.000836. The average molecular weight is 252 g/mol. The Labute approximate surface area is 111 Å². The van der Waals surface area contributed by atoms with Crippen LogP contribution in [-0.4, -0.2) is 49.8 Å². The van der Waals surface area contributed by atoms with Gasteiger partial charge in [-0.25, -0.2) is 0 Å². The molecular formula is C15H28N2O. The minimum atomic E-state index is 0.491. The number of likely N-dealkylation sites (tertiary alicyclic amines) is 1. The standard InChI is InChI=1S/C15H28N2O/c1-13-4-5-14(18-13)10-17-9-3-7-15(12-17)6-2-8-16-11-15/h13-14,16H,2-12H2,1H3. The summed E-state index contributed by atoms with van der Waals surface area (Å²) in [6.07, 6.45) is 9.12. The normalized spacial score (nSPS) is 42.5. The summed E-state index contributed by atoms with van der Waals surface area (Å²) in [6, 6.07) is 0. The minimum absolute atomic E-state index is 0.491. The maximum absolute atomic E-state index is 5.98. The van der Waals surface area contributed by atoms with Gasteiger partial charge < -0.3 is 15.0 Å². The Balaban J connectivity index is 1.53. The fraction of sp³-hybridized carbons (Fsp3) is 1.00. The smallest absolute Gasteiger partial charge is 0.0706 e. The molecule has 0 radical (unpaired) electrons. The minimum Gasteiger partial charge on any atom is -0.374 e. The zero-order valence-electron chi connectivity index (χ0n) is 11.8. The number of nitrogens with one attached hydrogen (secondary N) is 1. The molecular weight excluding hydrogens is 224 g/mol. The zero-order valence-corrected chi connectivity index (χ0v) is 11.8. The lowest BCUT2D eigenvalue weighted by atomic mass is 9.74. The summed E-state index contributed by atoms with van der Waals surface area (Å²) >= 11 is 0. The molecule has 0 aliphatic carbocycles. The van der Waals surface area contributed by atoms with Crippen molar-refractivity contribution in [3.05, 3.63) is 0 Å². The lowest BCUT2D eigenvalue weighted by Crippen LogP contribution is -2.52. The number of ether oxygens (including phenoxy) is 1. The molecule has 3 rings (SSSR count). The number of nitrogens with zero attached hydrogens (tertiary/aromatic N) is 1. The van der Waals surface area contributed by atoms with Crippen molar-refractivity contribution in [2.45, 2.75) is 57.7 Å². The second-order valence-electron chi connectivity index (χ2n) is 6.77. The SMILES string of the molecule is CC1CCC(CN2CCCC3(CCCNC3)C2)O1. The quantitative estimate of drug-likeness (QED) is 0.814. The largest absolute Gasteiger partial charge is 0.374 e. The molecule has 18 heavy (non-hydrogen) atoms. The van der Waals surface area contributed by atoms with Crippen molar-refractivity contribution in [3.8, 4) is 0 Å². The topological polar surface area (TPSA) is 24.5 Å². The van der Waals surface area contributed by atoms with E-state index in [2.05, 4.69) is 17.1 Å². The molecule has 3 nitrogen and oxygen atoms in total. The molecule has 3 saturated heterocycles. The molecule has 0 saturated carbocycles. The van der Waals surface area contributed by atoms with E-state index in [1.165, 1.54) is 71.2 Å². The van der Waals surface area contributed by atoms with Crippen LogP contribution in [0.1, 0.15) is 45.4 Å². The lowest BCUT2D eigenvalue weighted by Gasteiger charge is -2.46. The number of piperidine rings is 2. The highest BCUT2D eigenvalue weighted by Gasteiger charge is 2.37. The predicted molar refractivity (Wildman–Crippen MR) is 73.8 cm³/mol. The van der Waals surface area contributed by atoms with Crippen molar-refractivity contribution in [2.24, 2.45) is 5.41 Å². The molecule has 3 atom stereocenters. The molecule has 0 amide bonds. The molecule has 0 bridgehead atoms. The van der Waals surface area contributed by atoms with Crippen LogP contribution in [0.15, 0.2) is 0 Å². The van der Waals surface area contributed by atoms with Gasteiger partial charge in [0, 0.05) is 19.6 Å². The van der Waals surface area contributed by atoms with Crippen LogP contribution in [0.25, 0.3) is 0 Å². The van der Waals surface area contributed by atoms with Crippen LogP contribution >= 0.6 is 0 Å². The zero-order chi connectivity index (χ0) is 12.4. The van der Waals surface area contributed by atoms with E-state index in [1.807, 2.05) is 0 Å². The van der Waals surface area contributed by atoms with E-state index in [0.717, 1.165) is 0 Å². The Kier molecular flexibility index (Phi) is 3.92. The van der Waals surface area contributed by atoms with Gasteiger partial charge in [-0.1, -0.05) is 0 Å². The van der Waals surface area contributed by atoms with E-state index < -0.39 is 0 Å². The second kappa shape index (κ2) is 5.48. The van der Waals surface area contributed by atoms with Gasteiger partial charge in [-0.2, -0.15) is 0 Å². The van der Waals surface area contributed by atoms with Crippen molar-refractivity contribution in [3.63, 3.8) is 0 Å². The van der Waals surface area contributed by atoms with Gasteiger partial charge in [-0.15, -0.1) is 0 Å². The summed E-state index contributed by atoms with van der Waals surface area (Å²) in [5.74, 6) is 0. The first kappa shape index (κ1) is 12.9. The van der Waals surface area contributed by atoms with Crippen LogP contribution in [-0.2, 0) is 4.74 Å². The summed E-state index contributed by atoms with van der Waals surface area (Å²) in [5.41, 5.74) is 0.584. The van der Waals surface area contributed by atoms with Crippen LogP contribution in [0.4, 0.5) is 0 Å². The van der Waals surface area contributed by atoms with Crippen LogP contribution in [0, 0.1) is 5.41 Å². The van der Waals surface area contributed by atoms with Gasteiger partial charge in [0.05, 0.1) is 12.2 Å². The van der Waals surface area contributed by atoms with Gasteiger partial charge in [0.15, 0.2) is 0 Å². The van der Waals surface area contributed by atoms with Crippen LogP contribution < -0.4 is 5.32 Å². The third kappa shape index (κ3) is 2.89. The fourth-order valence-corrected chi connectivity index (χ4v) is 4.15. The van der Waals surface area contributed by atoms with Crippen molar-refractivity contribution < 1.29 is 4.74 Å². The number of rotatable bonds is 2. The van der Waals surface area contributed by atoms with Crippen molar-refractivity contribution in [1.82, 2.24) is 10.2 Å². The van der Waals surface area contributed by atoms with E-state index in [1.54, 1.807) is 0 Å². The molecule has 1 N–H and O–H groups in total. The van der Waals surface area contributed by atoms with E-state index >= 15 is 0 Å². The van der Waals surface area contributed by atoms with Crippen molar-refractivity contribution in [2.75, 3.05) is 32.7 Å². The predicted octanol–water partition coefficient (Wildman–Crippen LogP) is 2.02. The van der Waals surface area contributed by atoms with Gasteiger partial charge in [0.25, 0.3) is 0 Å². The Hall–Kier alpha value is -0.120. The summed E-state index contributed by atoms with van der Waals surface area (Å²) < 4.78 is 5.98. The molecule has 3 unspecified atom stereocenters. The Morgan fingerprint density at radius 2 is 2.17 bits per heavy atom. The Morgan fingerprint density at radius 1 is 1.28 bits per heavy atom. The summed E-state index contributed by atoms with van der Waals surface area (Å²) in [6.45, 7) is 8.44. The van der Waals surface area contributed by atoms with Crippen molar-refractivity contribution in [1.29, 1.82) is 0 Å². The van der Waals surface area contributed by atoms with E-state index in [-0.39, 0.29) is 0 Å². The molecule has 3 fully saturated rings. The first-order valence-corrected chi connectivity index (χ1v) is 7.84. The fourth-order valence-electron chi connectivity index (χ4n) is 4.15. The summed E-state index contributed by atoms with van der Waals surface area (Å²) in [4.78, 5) is 2.68. The van der Waals surface area contributed by atoms with Gasteiger partial charge in [-0.05, 0) is 64.0 Å². The van der Waals surface area contributed by atoms with Crippen LogP contribution in [0.3, 0.4) is 0 Å². The maximum atomic E-state index is 5.98. The van der Waals surface area contributed by atoms with Gasteiger partial charge in [0.2, 0.25) is 0 Å². The molecule has 0 aromatic rings. The van der Waals surface area contributed by atoms with E-state index in [0.29, 0.717) is 17.6 Å². The van der Waals surface area contributed by atoms with Crippen molar-refractivity contribution >= 4 is 0 Å². The molecule has 3 heterocycles. The Morgan fingerprint density at radius 3 is 2.89 bits per heavy atom. The molecule has 104 valence electrons. The summed E-state index contributed by atoms with van der Waals surface area (Å²) in [5, 5.41) is 3.61. The van der Waals surface area contributed by atoms with Gasteiger partial charge in [-0.3, -0.25) is 0 Å². The highest BCUT2D eigenvalue weighted by atomic mass is 16.5. The molecule has 3 heteroatoms. The van der Waals surface area contributed by atoms with E-state index in [4.69, 9.17) is 4.74 Å². The van der Waals surface area contributed by atoms with Gasteiger partial charge >= 0.3 is 0 Å². The molecule has 1 spiro atoms. The highest BCUT2D eigenvalue weighted by Crippen LogP contribution is 2.36. The van der Waals surface area contributed by atoms with E-state index in [9.17, 15) is 0 Å². The first-order valence-electron chi connectivity index (χ1n) is 7.84. The summed E-state index contributed by atoms with van der Waals surface area (Å²) in [7, 11) is 0. The molecule has 3 aliphatic rings. The third-order valence-electron chi connectivity index (χ3n) is 5.08. The molecule has 0 aromatic heterocycles. The third-order valence-corrected chi connectivity index (χ3v) is 5.08. The molecule has 0 aromatic carbocycles.